The van der Waals surface area contributed by atoms with Crippen LogP contribution in [0.4, 0.5) is 5.82 Å². The van der Waals surface area contributed by atoms with E-state index in [-0.39, 0.29) is 5.41 Å². The molecule has 1 saturated heterocycles. The number of nitrogens with two attached hydrogens (primary N) is 1. The summed E-state index contributed by atoms with van der Waals surface area (Å²) in [7, 11) is 0. The molecule has 1 aliphatic heterocycles. The minimum absolute atomic E-state index is 0.199. The molecule has 1 aliphatic rings. The van der Waals surface area contributed by atoms with Crippen LogP contribution in [0.15, 0.2) is 6.07 Å². The third-order valence-corrected chi connectivity index (χ3v) is 2.62. The Bertz CT molecular complexity index is 272. The van der Waals surface area contributed by atoms with E-state index in [0.717, 1.165) is 25.2 Å². The molecule has 66 valence electrons. The zero-order valence-electron chi connectivity index (χ0n) is 7.22. The summed E-state index contributed by atoms with van der Waals surface area (Å²) in [5.41, 5.74) is 6.88. The van der Waals surface area contributed by atoms with Crippen molar-refractivity contribution in [2.24, 2.45) is 0 Å². The summed E-state index contributed by atoms with van der Waals surface area (Å²) < 4.78 is 0. The lowest BCUT2D eigenvalue weighted by molar-refractivity contribution is 0.506. The van der Waals surface area contributed by atoms with Crippen molar-refractivity contribution in [3.05, 3.63) is 11.8 Å². The first-order valence-corrected chi connectivity index (χ1v) is 4.23. The van der Waals surface area contributed by atoms with E-state index in [1.807, 2.05) is 6.07 Å². The average molecular weight is 166 g/mol. The smallest absolute Gasteiger partial charge is 0.145 e. The van der Waals surface area contributed by atoms with E-state index in [9.17, 15) is 0 Å². The number of aromatic nitrogens is 2. The molecule has 1 aromatic heterocycles. The van der Waals surface area contributed by atoms with Crippen molar-refractivity contribution in [1.82, 2.24) is 15.5 Å². The van der Waals surface area contributed by atoms with Crippen LogP contribution in [0.5, 0.6) is 0 Å². The SMILES string of the molecule is CC1(c2cc(N)n[nH]2)CCNC1. The Hall–Kier alpha value is -1.03. The maximum Gasteiger partial charge on any atom is 0.145 e. The molecular formula is C8H14N4. The predicted molar refractivity (Wildman–Crippen MR) is 47.8 cm³/mol. The number of nitrogen functional groups attached to an aromatic ring is 1. The monoisotopic (exact) mass is 166 g/mol. The van der Waals surface area contributed by atoms with E-state index < -0.39 is 0 Å². The van der Waals surface area contributed by atoms with E-state index in [1.54, 1.807) is 0 Å². The van der Waals surface area contributed by atoms with Gasteiger partial charge in [0, 0.05) is 23.7 Å². The van der Waals surface area contributed by atoms with Crippen molar-refractivity contribution >= 4 is 5.82 Å². The first-order chi connectivity index (χ1) is 5.71. The van der Waals surface area contributed by atoms with E-state index in [0.29, 0.717) is 5.82 Å². The molecule has 0 saturated carbocycles. The zero-order valence-corrected chi connectivity index (χ0v) is 7.22. The first-order valence-electron chi connectivity index (χ1n) is 4.23. The van der Waals surface area contributed by atoms with Crippen molar-refractivity contribution in [2.45, 2.75) is 18.8 Å². The minimum atomic E-state index is 0.199. The Morgan fingerprint density at radius 1 is 1.67 bits per heavy atom. The van der Waals surface area contributed by atoms with Crippen molar-refractivity contribution in [3.8, 4) is 0 Å². The van der Waals surface area contributed by atoms with Crippen LogP contribution in [0.25, 0.3) is 0 Å². The number of rotatable bonds is 1. The number of hydrogen-bond donors (Lipinski definition) is 3. The molecule has 0 radical (unpaired) electrons. The van der Waals surface area contributed by atoms with Gasteiger partial charge < -0.3 is 11.1 Å². The maximum atomic E-state index is 5.54. The summed E-state index contributed by atoms with van der Waals surface area (Å²) in [5, 5.41) is 10.2. The van der Waals surface area contributed by atoms with Gasteiger partial charge in [-0.2, -0.15) is 5.10 Å². The maximum absolute atomic E-state index is 5.54. The third-order valence-electron chi connectivity index (χ3n) is 2.62. The van der Waals surface area contributed by atoms with Crippen LogP contribution in [0.1, 0.15) is 19.0 Å². The number of anilines is 1. The van der Waals surface area contributed by atoms with Gasteiger partial charge in [-0.25, -0.2) is 0 Å². The fourth-order valence-electron chi connectivity index (χ4n) is 1.69. The molecule has 4 heteroatoms. The van der Waals surface area contributed by atoms with E-state index in [4.69, 9.17) is 5.73 Å². The summed E-state index contributed by atoms with van der Waals surface area (Å²) in [6.45, 7) is 4.31. The van der Waals surface area contributed by atoms with Gasteiger partial charge >= 0.3 is 0 Å². The quantitative estimate of drug-likeness (QED) is 0.560. The summed E-state index contributed by atoms with van der Waals surface area (Å²) in [6.07, 6.45) is 1.15. The van der Waals surface area contributed by atoms with E-state index >= 15 is 0 Å². The molecule has 4 N–H and O–H groups in total. The largest absolute Gasteiger partial charge is 0.382 e. The van der Waals surface area contributed by atoms with Gasteiger partial charge in [0.2, 0.25) is 0 Å². The van der Waals surface area contributed by atoms with Gasteiger partial charge in [-0.05, 0) is 13.0 Å². The standard InChI is InChI=1S/C8H14N4/c1-8(2-3-10-5-8)6-4-7(9)12-11-6/h4,10H,2-3,5H2,1H3,(H3,9,11,12). The normalized spacial score (nSPS) is 29.4. The van der Waals surface area contributed by atoms with Gasteiger partial charge in [0.25, 0.3) is 0 Å². The Labute approximate surface area is 71.5 Å². The second kappa shape index (κ2) is 2.48. The second-order valence-corrected chi connectivity index (χ2v) is 3.69. The highest BCUT2D eigenvalue weighted by Crippen LogP contribution is 2.28. The van der Waals surface area contributed by atoms with Crippen molar-refractivity contribution < 1.29 is 0 Å². The lowest BCUT2D eigenvalue weighted by Gasteiger charge is -2.19. The molecule has 2 heterocycles. The number of H-pyrrole nitrogens is 1. The average Bonchev–Trinajstić information content (AvgIpc) is 2.59. The van der Waals surface area contributed by atoms with Gasteiger partial charge in [-0.1, -0.05) is 6.92 Å². The van der Waals surface area contributed by atoms with Crippen LogP contribution in [0, 0.1) is 0 Å². The molecule has 1 fully saturated rings. The van der Waals surface area contributed by atoms with Gasteiger partial charge in [0.15, 0.2) is 0 Å². The molecule has 0 amide bonds. The lowest BCUT2D eigenvalue weighted by atomic mass is 9.86. The molecule has 1 unspecified atom stereocenters. The lowest BCUT2D eigenvalue weighted by Crippen LogP contribution is -2.25. The molecule has 1 aromatic rings. The van der Waals surface area contributed by atoms with Crippen molar-refractivity contribution in [1.29, 1.82) is 0 Å². The zero-order chi connectivity index (χ0) is 8.60. The number of aromatic amines is 1. The minimum Gasteiger partial charge on any atom is -0.382 e. The van der Waals surface area contributed by atoms with Crippen LogP contribution < -0.4 is 11.1 Å². The molecule has 4 nitrogen and oxygen atoms in total. The van der Waals surface area contributed by atoms with Gasteiger partial charge in [0.05, 0.1) is 0 Å². The first kappa shape index (κ1) is 7.61. The molecular weight excluding hydrogens is 152 g/mol. The molecule has 12 heavy (non-hydrogen) atoms. The number of nitrogens with one attached hydrogen (secondary N) is 2. The Kier molecular flexibility index (Phi) is 1.58. The highest BCUT2D eigenvalue weighted by molar-refractivity contribution is 5.33. The molecule has 2 rings (SSSR count). The Morgan fingerprint density at radius 2 is 2.50 bits per heavy atom. The van der Waals surface area contributed by atoms with E-state index in [2.05, 4.69) is 22.4 Å². The fraction of sp³-hybridized carbons (Fsp3) is 0.625. The van der Waals surface area contributed by atoms with Crippen molar-refractivity contribution in [3.63, 3.8) is 0 Å². The number of hydrogen-bond acceptors (Lipinski definition) is 3. The molecule has 0 aromatic carbocycles. The summed E-state index contributed by atoms with van der Waals surface area (Å²) in [4.78, 5) is 0. The molecule has 0 aliphatic carbocycles. The van der Waals surface area contributed by atoms with Crippen LogP contribution in [-0.2, 0) is 5.41 Å². The Balaban J connectivity index is 2.28. The summed E-state index contributed by atoms with van der Waals surface area (Å²) in [5.74, 6) is 0.582. The number of nitrogens with zero attached hydrogens (tertiary/aromatic N) is 1. The van der Waals surface area contributed by atoms with Crippen molar-refractivity contribution in [2.75, 3.05) is 18.8 Å². The van der Waals surface area contributed by atoms with Gasteiger partial charge in [-0.15, -0.1) is 0 Å². The van der Waals surface area contributed by atoms with E-state index in [1.165, 1.54) is 0 Å². The van der Waals surface area contributed by atoms with Crippen LogP contribution in [0.3, 0.4) is 0 Å². The Morgan fingerprint density at radius 3 is 3.00 bits per heavy atom. The summed E-state index contributed by atoms with van der Waals surface area (Å²) >= 11 is 0. The van der Waals surface area contributed by atoms with Gasteiger partial charge in [0.1, 0.15) is 5.82 Å². The predicted octanol–water partition coefficient (Wildman–Crippen LogP) is 0.243. The fourth-order valence-corrected chi connectivity index (χ4v) is 1.69. The highest BCUT2D eigenvalue weighted by atomic mass is 15.2. The van der Waals surface area contributed by atoms with Gasteiger partial charge in [-0.3, -0.25) is 5.10 Å². The third kappa shape index (κ3) is 1.08. The van der Waals surface area contributed by atoms with Crippen LogP contribution in [-0.4, -0.2) is 23.3 Å². The topological polar surface area (TPSA) is 66.7 Å². The molecule has 0 spiro atoms. The van der Waals surface area contributed by atoms with Crippen LogP contribution >= 0.6 is 0 Å². The molecule has 0 bridgehead atoms. The highest BCUT2D eigenvalue weighted by Gasteiger charge is 2.31. The molecule has 1 atom stereocenters. The van der Waals surface area contributed by atoms with Crippen LogP contribution in [0.2, 0.25) is 0 Å². The second-order valence-electron chi connectivity index (χ2n) is 3.69. The summed E-state index contributed by atoms with van der Waals surface area (Å²) in [6, 6.07) is 1.92.